The third-order valence-corrected chi connectivity index (χ3v) is 3.67. The molecule has 1 aromatic carbocycles. The van der Waals surface area contributed by atoms with Gasteiger partial charge in [0.2, 0.25) is 0 Å². The quantitative estimate of drug-likeness (QED) is 0.900. The number of benzene rings is 1. The first-order valence-electron chi connectivity index (χ1n) is 5.85. The van der Waals surface area contributed by atoms with Crippen LogP contribution in [-0.2, 0) is 6.54 Å². The molecule has 0 aliphatic heterocycles. The highest BCUT2D eigenvalue weighted by Crippen LogP contribution is 2.27. The fourth-order valence-corrected chi connectivity index (χ4v) is 2.42. The number of aromatic nitrogens is 1. The second-order valence-electron chi connectivity index (χ2n) is 3.92. The fourth-order valence-electron chi connectivity index (χ4n) is 1.56. The second kappa shape index (κ2) is 5.93. The van der Waals surface area contributed by atoms with Crippen molar-refractivity contribution in [3.63, 3.8) is 0 Å². The first kappa shape index (κ1) is 13.0. The van der Waals surface area contributed by atoms with Crippen LogP contribution in [0.1, 0.15) is 11.8 Å². The van der Waals surface area contributed by atoms with Crippen molar-refractivity contribution in [1.82, 2.24) is 10.3 Å². The van der Waals surface area contributed by atoms with Crippen LogP contribution >= 0.6 is 11.3 Å². The third kappa shape index (κ3) is 3.05. The summed E-state index contributed by atoms with van der Waals surface area (Å²) in [7, 11) is 1.93. The molecule has 1 N–H and O–H groups in total. The highest BCUT2D eigenvalue weighted by atomic mass is 32.1. The maximum absolute atomic E-state index is 12.9. The first-order valence-corrected chi connectivity index (χ1v) is 6.67. The lowest BCUT2D eigenvalue weighted by atomic mass is 10.3. The van der Waals surface area contributed by atoms with Gasteiger partial charge in [-0.3, -0.25) is 0 Å². The highest BCUT2D eigenvalue weighted by molar-refractivity contribution is 7.15. The lowest BCUT2D eigenvalue weighted by Gasteiger charge is -2.15. The van der Waals surface area contributed by atoms with E-state index in [1.54, 1.807) is 23.5 Å². The van der Waals surface area contributed by atoms with Crippen LogP contribution < -0.4 is 10.2 Å². The number of thiazole rings is 1. The van der Waals surface area contributed by atoms with Gasteiger partial charge in [-0.2, -0.15) is 0 Å². The predicted molar refractivity (Wildman–Crippen MR) is 74.0 cm³/mol. The van der Waals surface area contributed by atoms with Crippen LogP contribution in [0.15, 0.2) is 30.5 Å². The van der Waals surface area contributed by atoms with Crippen molar-refractivity contribution >= 4 is 22.2 Å². The van der Waals surface area contributed by atoms with E-state index >= 15 is 0 Å². The topological polar surface area (TPSA) is 28.2 Å². The molecule has 0 amide bonds. The lowest BCUT2D eigenvalue weighted by molar-refractivity contribution is 0.628. The molecule has 2 aromatic rings. The normalized spacial score (nSPS) is 10.6. The minimum absolute atomic E-state index is 0.223. The summed E-state index contributed by atoms with van der Waals surface area (Å²) in [5, 5.41) is 4.18. The average Bonchev–Trinajstić information content (AvgIpc) is 2.85. The van der Waals surface area contributed by atoms with Gasteiger partial charge in [0.25, 0.3) is 0 Å². The van der Waals surface area contributed by atoms with E-state index in [1.165, 1.54) is 17.0 Å². The molecule has 2 rings (SSSR count). The zero-order valence-corrected chi connectivity index (χ0v) is 11.3. The van der Waals surface area contributed by atoms with E-state index in [2.05, 4.69) is 17.2 Å². The lowest BCUT2D eigenvalue weighted by Crippen LogP contribution is -2.10. The van der Waals surface area contributed by atoms with E-state index in [4.69, 9.17) is 0 Å². The predicted octanol–water partition coefficient (Wildman–Crippen LogP) is 3.16. The molecule has 18 heavy (non-hydrogen) atoms. The van der Waals surface area contributed by atoms with Gasteiger partial charge in [-0.15, -0.1) is 11.3 Å². The SMILES string of the molecule is CCNCc1cnc(N(C)c2ccc(F)cc2)s1. The van der Waals surface area contributed by atoms with Crippen molar-refractivity contribution in [2.45, 2.75) is 13.5 Å². The van der Waals surface area contributed by atoms with Crippen LogP contribution in [0.3, 0.4) is 0 Å². The van der Waals surface area contributed by atoms with Gasteiger partial charge in [0.15, 0.2) is 5.13 Å². The van der Waals surface area contributed by atoms with E-state index in [0.717, 1.165) is 23.9 Å². The van der Waals surface area contributed by atoms with Crippen LogP contribution in [0, 0.1) is 5.82 Å². The van der Waals surface area contributed by atoms with E-state index in [-0.39, 0.29) is 5.82 Å². The number of nitrogens with zero attached hydrogens (tertiary/aromatic N) is 2. The number of hydrogen-bond acceptors (Lipinski definition) is 4. The Hall–Kier alpha value is -1.46. The molecule has 0 fully saturated rings. The Labute approximate surface area is 110 Å². The van der Waals surface area contributed by atoms with Crippen molar-refractivity contribution in [1.29, 1.82) is 0 Å². The second-order valence-corrected chi connectivity index (χ2v) is 5.02. The van der Waals surface area contributed by atoms with Crippen LogP contribution in [0.2, 0.25) is 0 Å². The van der Waals surface area contributed by atoms with Gasteiger partial charge in [-0.1, -0.05) is 6.92 Å². The Morgan fingerprint density at radius 3 is 2.72 bits per heavy atom. The number of hydrogen-bond donors (Lipinski definition) is 1. The third-order valence-electron chi connectivity index (χ3n) is 2.59. The summed E-state index contributed by atoms with van der Waals surface area (Å²) in [5.74, 6) is -0.223. The number of nitrogens with one attached hydrogen (secondary N) is 1. The standard InChI is InChI=1S/C13H16FN3S/c1-3-15-8-12-9-16-13(18-12)17(2)11-6-4-10(14)5-7-11/h4-7,9,15H,3,8H2,1-2H3. The Kier molecular flexibility index (Phi) is 4.28. The van der Waals surface area contributed by atoms with Crippen LogP contribution in [-0.4, -0.2) is 18.6 Å². The summed E-state index contributed by atoms with van der Waals surface area (Å²) in [6, 6.07) is 6.42. The molecule has 0 aliphatic carbocycles. The Morgan fingerprint density at radius 1 is 1.33 bits per heavy atom. The zero-order valence-electron chi connectivity index (χ0n) is 10.5. The van der Waals surface area contributed by atoms with Gasteiger partial charge < -0.3 is 10.2 Å². The summed E-state index contributed by atoms with van der Waals surface area (Å²) < 4.78 is 12.9. The molecule has 96 valence electrons. The zero-order chi connectivity index (χ0) is 13.0. The van der Waals surface area contributed by atoms with Crippen molar-refractivity contribution in [3.8, 4) is 0 Å². The molecular formula is C13H16FN3S. The summed E-state index contributed by atoms with van der Waals surface area (Å²) in [5.41, 5.74) is 0.931. The molecule has 5 heteroatoms. The summed E-state index contributed by atoms with van der Waals surface area (Å²) >= 11 is 1.64. The summed E-state index contributed by atoms with van der Waals surface area (Å²) in [4.78, 5) is 7.53. The van der Waals surface area contributed by atoms with Crippen molar-refractivity contribution < 1.29 is 4.39 Å². The molecule has 0 aliphatic rings. The minimum atomic E-state index is -0.223. The molecule has 0 unspecified atom stereocenters. The first-order chi connectivity index (χ1) is 8.70. The van der Waals surface area contributed by atoms with E-state index < -0.39 is 0 Å². The van der Waals surface area contributed by atoms with Gasteiger partial charge >= 0.3 is 0 Å². The van der Waals surface area contributed by atoms with Crippen molar-refractivity contribution in [2.24, 2.45) is 0 Å². The van der Waals surface area contributed by atoms with Crippen molar-refractivity contribution in [2.75, 3.05) is 18.5 Å². The monoisotopic (exact) mass is 265 g/mol. The number of anilines is 2. The largest absolute Gasteiger partial charge is 0.321 e. The van der Waals surface area contributed by atoms with Gasteiger partial charge in [0, 0.05) is 30.4 Å². The molecule has 0 spiro atoms. The summed E-state index contributed by atoms with van der Waals surface area (Å²) in [6.45, 7) is 3.86. The van der Waals surface area contributed by atoms with Gasteiger partial charge in [0.1, 0.15) is 5.82 Å². The molecule has 0 saturated carbocycles. The van der Waals surface area contributed by atoms with Gasteiger partial charge in [-0.05, 0) is 30.8 Å². The van der Waals surface area contributed by atoms with Gasteiger partial charge in [-0.25, -0.2) is 9.37 Å². The van der Waals surface area contributed by atoms with Crippen molar-refractivity contribution in [3.05, 3.63) is 41.2 Å². The summed E-state index contributed by atoms with van der Waals surface area (Å²) in [6.07, 6.45) is 1.88. The Morgan fingerprint density at radius 2 is 2.06 bits per heavy atom. The van der Waals surface area contributed by atoms with Crippen LogP contribution in [0.5, 0.6) is 0 Å². The molecule has 1 heterocycles. The maximum Gasteiger partial charge on any atom is 0.189 e. The fraction of sp³-hybridized carbons (Fsp3) is 0.308. The Bertz CT molecular complexity index is 495. The smallest absolute Gasteiger partial charge is 0.189 e. The highest BCUT2D eigenvalue weighted by Gasteiger charge is 2.08. The van der Waals surface area contributed by atoms with E-state index in [9.17, 15) is 4.39 Å². The molecule has 0 saturated heterocycles. The van der Waals surface area contributed by atoms with Crippen LogP contribution in [0.4, 0.5) is 15.2 Å². The van der Waals surface area contributed by atoms with Crippen LogP contribution in [0.25, 0.3) is 0 Å². The number of rotatable bonds is 5. The molecular weight excluding hydrogens is 249 g/mol. The molecule has 0 radical (unpaired) electrons. The Balaban J connectivity index is 2.10. The molecule has 0 atom stereocenters. The minimum Gasteiger partial charge on any atom is -0.321 e. The van der Waals surface area contributed by atoms with E-state index in [1.807, 2.05) is 18.1 Å². The molecule has 1 aromatic heterocycles. The average molecular weight is 265 g/mol. The van der Waals surface area contributed by atoms with E-state index in [0.29, 0.717) is 0 Å². The molecule has 0 bridgehead atoms. The number of halogens is 1. The van der Waals surface area contributed by atoms with Gasteiger partial charge in [0.05, 0.1) is 0 Å². The maximum atomic E-state index is 12.9. The molecule has 3 nitrogen and oxygen atoms in total.